The third-order valence-electron chi connectivity index (χ3n) is 11.4. The topological polar surface area (TPSA) is 43.4 Å². The molecule has 0 bridgehead atoms. The van der Waals surface area contributed by atoms with Crippen LogP contribution in [0.1, 0.15) is 76.4 Å². The Bertz CT molecular complexity index is 2740. The Morgan fingerprint density at radius 3 is 0.932 bits per heavy atom. The second-order valence-electron chi connectivity index (χ2n) is 14.7. The Balaban J connectivity index is 1.05. The number of fused-ring (bicyclic) bond motifs is 4. The highest BCUT2D eigenvalue weighted by Crippen LogP contribution is 2.48. The van der Waals surface area contributed by atoms with Crippen LogP contribution in [0, 0.1) is 23.7 Å². The minimum absolute atomic E-state index is 0.00337. The van der Waals surface area contributed by atoms with Crippen molar-refractivity contribution in [1.29, 1.82) is 0 Å². The number of ketones is 2. The highest BCUT2D eigenvalue weighted by Gasteiger charge is 2.45. The summed E-state index contributed by atoms with van der Waals surface area (Å²) >= 11 is 0. The summed E-state index contributed by atoms with van der Waals surface area (Å²) in [6, 6.07) is 67.1. The quantitative estimate of drug-likeness (QED) is 0.168. The predicted octanol–water partition coefficient (Wildman–Crippen LogP) is 11.3. The number of carbonyl (C=O) groups is 2. The molecule has 8 aromatic carbocycles. The molecule has 0 saturated carbocycles. The molecule has 0 heterocycles. The molecule has 0 unspecified atom stereocenters. The lowest BCUT2D eigenvalue weighted by Crippen LogP contribution is -2.36. The first-order chi connectivity index (χ1) is 29.1. The van der Waals surface area contributed by atoms with Gasteiger partial charge in [0.25, 0.3) is 0 Å². The highest BCUT2D eigenvalue weighted by atomic mass is 16.5. The van der Waals surface area contributed by atoms with Crippen LogP contribution in [0.25, 0.3) is 0 Å². The van der Waals surface area contributed by atoms with Crippen molar-refractivity contribution in [3.63, 3.8) is 0 Å². The maximum absolute atomic E-state index is 13.9. The van der Waals surface area contributed by atoms with Crippen LogP contribution in [0.2, 0.25) is 0 Å². The fourth-order valence-corrected chi connectivity index (χ4v) is 8.71. The first-order valence-corrected chi connectivity index (χ1v) is 19.6. The molecule has 276 valence electrons. The lowest BCUT2D eigenvalue weighted by molar-refractivity contribution is 0.102. The van der Waals surface area contributed by atoms with E-state index in [-0.39, 0.29) is 11.6 Å². The van der Waals surface area contributed by atoms with Crippen molar-refractivity contribution in [1.82, 2.24) is 0 Å². The summed E-state index contributed by atoms with van der Waals surface area (Å²) in [5.41, 5.74) is 7.81. The normalized spacial score (nSPS) is 13.8. The van der Waals surface area contributed by atoms with Crippen LogP contribution in [-0.2, 0) is 10.8 Å². The van der Waals surface area contributed by atoms with Crippen LogP contribution >= 0.6 is 0 Å². The highest BCUT2D eigenvalue weighted by molar-refractivity contribution is 6.15. The van der Waals surface area contributed by atoms with Crippen molar-refractivity contribution in [2.45, 2.75) is 10.8 Å². The second-order valence-corrected chi connectivity index (χ2v) is 14.7. The molecule has 0 amide bonds. The second kappa shape index (κ2) is 14.5. The van der Waals surface area contributed by atoms with Gasteiger partial charge in [0.1, 0.15) is 22.3 Å². The number of carbonyl (C=O) groups excluding carboxylic acids is 2. The molecule has 8 aromatic rings. The summed E-state index contributed by atoms with van der Waals surface area (Å²) in [5.74, 6) is 15.5. The maximum Gasteiger partial charge on any atom is 0.193 e. The van der Waals surface area contributed by atoms with E-state index in [0.717, 1.165) is 44.5 Å². The van der Waals surface area contributed by atoms with Crippen molar-refractivity contribution < 1.29 is 14.3 Å². The van der Waals surface area contributed by atoms with E-state index in [0.29, 0.717) is 33.8 Å². The molecule has 2 aliphatic carbocycles. The monoisotopic (exact) mass is 754 g/mol. The van der Waals surface area contributed by atoms with Gasteiger partial charge in [-0.3, -0.25) is 9.59 Å². The lowest BCUT2D eigenvalue weighted by Gasteiger charge is -2.37. The van der Waals surface area contributed by atoms with Crippen LogP contribution in [-0.4, -0.2) is 11.6 Å². The van der Waals surface area contributed by atoms with Crippen molar-refractivity contribution >= 4 is 11.6 Å². The average Bonchev–Trinajstić information content (AvgIpc) is 3.31. The van der Waals surface area contributed by atoms with Gasteiger partial charge in [0, 0.05) is 33.4 Å². The molecule has 59 heavy (non-hydrogen) atoms. The Hall–Kier alpha value is -7.98. The summed E-state index contributed by atoms with van der Waals surface area (Å²) in [6.45, 7) is 0. The Morgan fingerprint density at radius 1 is 0.322 bits per heavy atom. The number of rotatable bonds is 4. The van der Waals surface area contributed by atoms with Gasteiger partial charge in [-0.25, -0.2) is 0 Å². The molecule has 0 aliphatic heterocycles. The Kier molecular flexibility index (Phi) is 8.71. The zero-order chi connectivity index (χ0) is 39.8. The molecule has 3 heteroatoms. The fourth-order valence-electron chi connectivity index (χ4n) is 8.71. The predicted molar refractivity (Wildman–Crippen MR) is 232 cm³/mol. The SMILES string of the molecule is O=C1c2ccccc2C(C#Cc2ccccc2)(c2ccc(Oc3ccc(C4(C#Cc5ccccc5)c5ccccc5C(=O)c5ccccc54)cc3)cc2)c2ccccc21. The number of benzene rings is 8. The van der Waals surface area contributed by atoms with Gasteiger partial charge in [-0.2, -0.15) is 0 Å². The molecule has 0 aromatic heterocycles. The van der Waals surface area contributed by atoms with E-state index >= 15 is 0 Å². The van der Waals surface area contributed by atoms with E-state index < -0.39 is 10.8 Å². The lowest BCUT2D eigenvalue weighted by atomic mass is 9.63. The van der Waals surface area contributed by atoms with Gasteiger partial charge in [0.2, 0.25) is 0 Å². The van der Waals surface area contributed by atoms with Crippen LogP contribution in [0.15, 0.2) is 206 Å². The molecule has 10 rings (SSSR count). The Labute approximate surface area is 343 Å². The zero-order valence-electron chi connectivity index (χ0n) is 31.9. The molecule has 0 saturated heterocycles. The third kappa shape index (κ3) is 5.88. The maximum atomic E-state index is 13.9. The molecule has 2 aliphatic rings. The van der Waals surface area contributed by atoms with Crippen molar-refractivity contribution in [2.24, 2.45) is 0 Å². The smallest absolute Gasteiger partial charge is 0.193 e. The fraction of sp³-hybridized carbons (Fsp3) is 0.0357. The molecular weight excluding hydrogens is 721 g/mol. The molecule has 0 N–H and O–H groups in total. The largest absolute Gasteiger partial charge is 0.457 e. The molecule has 3 nitrogen and oxygen atoms in total. The number of hydrogen-bond donors (Lipinski definition) is 0. The van der Waals surface area contributed by atoms with Crippen LogP contribution in [0.3, 0.4) is 0 Å². The van der Waals surface area contributed by atoms with E-state index in [2.05, 4.69) is 23.7 Å². The Morgan fingerprint density at radius 2 is 0.610 bits per heavy atom. The molecule has 0 fully saturated rings. The summed E-state index contributed by atoms with van der Waals surface area (Å²) in [4.78, 5) is 27.7. The first kappa shape index (κ1) is 35.4. The zero-order valence-corrected chi connectivity index (χ0v) is 31.9. The molecule has 0 spiro atoms. The van der Waals surface area contributed by atoms with Gasteiger partial charge >= 0.3 is 0 Å². The van der Waals surface area contributed by atoms with E-state index in [1.54, 1.807) is 0 Å². The minimum Gasteiger partial charge on any atom is -0.457 e. The van der Waals surface area contributed by atoms with Crippen molar-refractivity contribution in [3.8, 4) is 35.2 Å². The first-order valence-electron chi connectivity index (χ1n) is 19.6. The summed E-state index contributed by atoms with van der Waals surface area (Å²) in [5, 5.41) is 0. The minimum atomic E-state index is -0.916. The van der Waals surface area contributed by atoms with Crippen molar-refractivity contribution in [3.05, 3.63) is 273 Å². The number of ether oxygens (including phenoxy) is 1. The summed E-state index contributed by atoms with van der Waals surface area (Å²) < 4.78 is 6.52. The van der Waals surface area contributed by atoms with E-state index in [4.69, 9.17) is 4.74 Å². The van der Waals surface area contributed by atoms with Gasteiger partial charge in [-0.05, 0) is 81.9 Å². The molecular formula is C56H34O3. The third-order valence-corrected chi connectivity index (χ3v) is 11.4. The summed E-state index contributed by atoms with van der Waals surface area (Å²) in [6.07, 6.45) is 0. The standard InChI is InChI=1S/C56H34O3/c57-53-45-19-7-11-23-49(45)55(50-24-12-8-20-46(50)53,37-35-39-15-3-1-4-16-39)41-27-31-43(32-28-41)59-44-33-29-42(30-34-44)56(38-36-40-17-5-2-6-18-40)51-25-13-9-21-47(51)54(58)48-22-10-14-26-52(48)56/h1-34H. The van der Waals surface area contributed by atoms with Crippen LogP contribution in [0.5, 0.6) is 11.5 Å². The van der Waals surface area contributed by atoms with Gasteiger partial charge in [-0.15, -0.1) is 0 Å². The average molecular weight is 755 g/mol. The van der Waals surface area contributed by atoms with Crippen molar-refractivity contribution in [2.75, 3.05) is 0 Å². The van der Waals surface area contributed by atoms with Crippen LogP contribution < -0.4 is 4.74 Å². The van der Waals surface area contributed by atoms with Gasteiger partial charge in [-0.1, -0.05) is 181 Å². The number of hydrogen-bond acceptors (Lipinski definition) is 3. The van der Waals surface area contributed by atoms with E-state index in [9.17, 15) is 9.59 Å². The molecule has 0 atom stereocenters. The van der Waals surface area contributed by atoms with Gasteiger partial charge in [0.15, 0.2) is 11.6 Å². The van der Waals surface area contributed by atoms with E-state index in [1.165, 1.54) is 0 Å². The van der Waals surface area contributed by atoms with E-state index in [1.807, 2.05) is 206 Å². The molecule has 0 radical (unpaired) electrons. The van der Waals surface area contributed by atoms with Crippen LogP contribution in [0.4, 0.5) is 0 Å². The summed E-state index contributed by atoms with van der Waals surface area (Å²) in [7, 11) is 0. The van der Waals surface area contributed by atoms with Gasteiger partial charge in [0.05, 0.1) is 0 Å². The van der Waals surface area contributed by atoms with Gasteiger partial charge < -0.3 is 4.74 Å².